The number of carboxylic acid groups (broad SMARTS) is 2. The van der Waals surface area contributed by atoms with Crippen LogP contribution in [-0.4, -0.2) is 120 Å². The van der Waals surface area contributed by atoms with E-state index >= 15 is 0 Å². The maximum atomic E-state index is 14.2. The third-order valence-electron chi connectivity index (χ3n) is 9.79. The Hall–Kier alpha value is -7.06. The Morgan fingerprint density at radius 1 is 0.578 bits per heavy atom. The number of carbonyl (C=O) groups excluding carboxylic acids is 7. The number of carboxylic acids is 2. The standard InChI is InChI=1S/C42H48N7O14P/c1-23(50)45-34(21-36(53)54)41(59)48-32(19-25-12-14-26(15-13-25)42(60)64(61,62)63)40(58)47-31(18-24-8-4-3-5-9-24)39(57)46-30(16-17-35(51)52)38(56)49-33(37(55)43-2)20-27-22-44-29-11-7-6-10-28(27)29/h3-15,22,30-34,44,61-63H,16-21H2,1-2H3,(H7-,43,45,46,47,48,49,50,51,52,53,54,55,56,57,58,59)/p+1/t30-,31-,32-,33-,34-/m0/s1. The predicted octanol–water partition coefficient (Wildman–Crippen LogP) is -0.395. The quantitative estimate of drug-likeness (QED) is 0.0422. The number of hydrogen-bond donors (Lipinski definition) is 12. The third kappa shape index (κ3) is 14.8. The lowest BCUT2D eigenvalue weighted by atomic mass is 10.0. The Bertz CT molecular complexity index is 2330. The Morgan fingerprint density at radius 2 is 1.08 bits per heavy atom. The summed E-state index contributed by atoms with van der Waals surface area (Å²) in [4.78, 5) is 148. The van der Waals surface area contributed by atoms with Crippen molar-refractivity contribution in [2.45, 2.75) is 75.7 Å². The fourth-order valence-corrected chi connectivity index (χ4v) is 7.12. The lowest BCUT2D eigenvalue weighted by Gasteiger charge is -2.27. The second-order valence-corrected chi connectivity index (χ2v) is 16.2. The number of aliphatic carboxylic acids is 2. The van der Waals surface area contributed by atoms with Gasteiger partial charge in [0.25, 0.3) is 0 Å². The highest BCUT2D eigenvalue weighted by atomic mass is 31.2. The van der Waals surface area contributed by atoms with E-state index in [-0.39, 0.29) is 24.0 Å². The van der Waals surface area contributed by atoms with Gasteiger partial charge in [0.05, 0.1) is 12.0 Å². The van der Waals surface area contributed by atoms with Crippen molar-refractivity contribution < 1.29 is 68.0 Å². The van der Waals surface area contributed by atoms with E-state index in [4.69, 9.17) is 0 Å². The number of likely N-dealkylation sites (N-methyl/N-ethyl adjacent to an activating group) is 1. The van der Waals surface area contributed by atoms with Gasteiger partial charge in [0.2, 0.25) is 35.4 Å². The smallest absolute Gasteiger partial charge is 0.481 e. The highest BCUT2D eigenvalue weighted by Gasteiger charge is 2.43. The fourth-order valence-electron chi connectivity index (χ4n) is 6.62. The normalized spacial score (nSPS) is 13.5. The molecule has 0 aliphatic rings. The van der Waals surface area contributed by atoms with Crippen molar-refractivity contribution >= 4 is 71.8 Å². The van der Waals surface area contributed by atoms with Crippen LogP contribution >= 0.6 is 7.94 Å². The van der Waals surface area contributed by atoms with Crippen LogP contribution in [0, 0.1) is 0 Å². The monoisotopic (exact) mass is 906 g/mol. The molecule has 0 saturated carbocycles. The number of aromatic amines is 1. The Labute approximate surface area is 366 Å². The number of fused-ring (bicyclic) bond motifs is 1. The van der Waals surface area contributed by atoms with E-state index in [1.165, 1.54) is 19.2 Å². The largest absolute Gasteiger partial charge is 0.483 e. The zero-order valence-electron chi connectivity index (χ0n) is 34.6. The second kappa shape index (κ2) is 22.9. The molecule has 12 N–H and O–H groups in total. The molecule has 22 heteroatoms. The molecule has 0 aliphatic carbocycles. The van der Waals surface area contributed by atoms with Gasteiger partial charge in [-0.25, -0.2) is 4.79 Å². The molecule has 0 bridgehead atoms. The Balaban J connectivity index is 1.66. The average Bonchev–Trinajstić information content (AvgIpc) is 3.65. The van der Waals surface area contributed by atoms with Gasteiger partial charge >= 0.3 is 25.4 Å². The van der Waals surface area contributed by atoms with Gasteiger partial charge < -0.3 is 47.1 Å². The number of hydrogen-bond acceptors (Lipinski definition) is 12. The molecule has 5 atom stereocenters. The molecule has 6 amide bonds. The third-order valence-corrected chi connectivity index (χ3v) is 10.6. The first-order valence-electron chi connectivity index (χ1n) is 19.7. The molecule has 0 aliphatic heterocycles. The summed E-state index contributed by atoms with van der Waals surface area (Å²) < 4.78 is 0. The number of aromatic nitrogens is 1. The maximum Gasteiger partial charge on any atom is 0.483 e. The molecule has 1 aromatic heterocycles. The van der Waals surface area contributed by atoms with E-state index in [0.717, 1.165) is 30.0 Å². The first-order chi connectivity index (χ1) is 30.2. The van der Waals surface area contributed by atoms with Gasteiger partial charge in [-0.1, -0.05) is 60.7 Å². The summed E-state index contributed by atoms with van der Waals surface area (Å²) in [6.07, 6.45) is -0.842. The lowest BCUT2D eigenvalue weighted by molar-refractivity contribution is -0.141. The fraction of sp³-hybridized carbons (Fsp3) is 0.310. The van der Waals surface area contributed by atoms with Crippen molar-refractivity contribution in [3.8, 4) is 0 Å². The van der Waals surface area contributed by atoms with E-state index < -0.39 is 117 Å². The number of amides is 6. The SMILES string of the molecule is CNC(=O)[C@H](Cc1c[nH]c2ccccc12)NC(=O)[C@H](CCC(=O)O)NC(=O)[C@H](Cc1ccccc1)NC(=O)[C@H](Cc1ccc(C(=O)[P+](O)(O)O)cc1)NC(=O)[C@H](CC(=O)O)NC(C)=O. The summed E-state index contributed by atoms with van der Waals surface area (Å²) >= 11 is 0. The summed E-state index contributed by atoms with van der Waals surface area (Å²) in [5.41, 5.74) is 0.539. The van der Waals surface area contributed by atoms with Crippen molar-refractivity contribution in [1.82, 2.24) is 36.9 Å². The number of carbonyl (C=O) groups is 9. The van der Waals surface area contributed by atoms with Crippen LogP contribution in [0.15, 0.2) is 85.1 Å². The van der Waals surface area contributed by atoms with Gasteiger partial charge in [-0.2, -0.15) is 14.7 Å². The lowest BCUT2D eigenvalue weighted by Crippen LogP contribution is -2.60. The van der Waals surface area contributed by atoms with Crippen molar-refractivity contribution in [2.24, 2.45) is 0 Å². The van der Waals surface area contributed by atoms with Crippen LogP contribution in [0.1, 0.15) is 53.2 Å². The van der Waals surface area contributed by atoms with Crippen molar-refractivity contribution in [2.75, 3.05) is 7.05 Å². The van der Waals surface area contributed by atoms with Crippen LogP contribution in [0.5, 0.6) is 0 Å². The molecule has 0 unspecified atom stereocenters. The Morgan fingerprint density at radius 3 is 1.61 bits per heavy atom. The molecule has 3 aromatic carbocycles. The van der Waals surface area contributed by atoms with Crippen LogP contribution in [0.3, 0.4) is 0 Å². The molecular formula is C42H49N7O14P+. The predicted molar refractivity (Wildman–Crippen MR) is 229 cm³/mol. The highest BCUT2D eigenvalue weighted by molar-refractivity contribution is 7.76. The van der Waals surface area contributed by atoms with E-state index in [1.807, 2.05) is 18.2 Å². The van der Waals surface area contributed by atoms with Crippen molar-refractivity contribution in [3.63, 3.8) is 0 Å². The van der Waals surface area contributed by atoms with E-state index in [0.29, 0.717) is 11.1 Å². The number of H-pyrrole nitrogens is 1. The molecule has 1 heterocycles. The average molecular weight is 907 g/mol. The molecule has 0 radical (unpaired) electrons. The van der Waals surface area contributed by atoms with Gasteiger partial charge in [0, 0.05) is 56.8 Å². The zero-order valence-corrected chi connectivity index (χ0v) is 35.5. The Kier molecular flexibility index (Phi) is 17.7. The van der Waals surface area contributed by atoms with Gasteiger partial charge in [0.15, 0.2) is 0 Å². The minimum absolute atomic E-state index is 0.00950. The van der Waals surface area contributed by atoms with E-state index in [2.05, 4.69) is 36.9 Å². The molecule has 21 nitrogen and oxygen atoms in total. The molecule has 4 aromatic rings. The summed E-state index contributed by atoms with van der Waals surface area (Å²) in [5.74, 6) is -8.14. The van der Waals surface area contributed by atoms with Crippen LogP contribution in [-0.2, 0) is 57.6 Å². The summed E-state index contributed by atoms with van der Waals surface area (Å²) in [6.45, 7) is 1.04. The molecule has 0 spiro atoms. The zero-order chi connectivity index (χ0) is 47.1. The molecular weight excluding hydrogens is 857 g/mol. The van der Waals surface area contributed by atoms with Crippen LogP contribution in [0.2, 0.25) is 0 Å². The molecule has 0 fully saturated rings. The second-order valence-electron chi connectivity index (χ2n) is 14.7. The van der Waals surface area contributed by atoms with Crippen LogP contribution in [0.4, 0.5) is 0 Å². The van der Waals surface area contributed by atoms with Gasteiger partial charge in [-0.15, -0.1) is 0 Å². The first kappa shape index (κ1) is 49.6. The van der Waals surface area contributed by atoms with E-state index in [9.17, 15) is 68.0 Å². The molecule has 0 saturated heterocycles. The van der Waals surface area contributed by atoms with E-state index in [1.54, 1.807) is 42.6 Å². The molecule has 4 rings (SSSR count). The highest BCUT2D eigenvalue weighted by Crippen LogP contribution is 2.47. The van der Waals surface area contributed by atoms with Gasteiger partial charge in [-0.3, -0.25) is 38.4 Å². The number of para-hydroxylation sites is 1. The summed E-state index contributed by atoms with van der Waals surface area (Å²) in [5, 5.41) is 34.5. The topological polar surface area (TPSA) is 343 Å². The number of nitrogens with one attached hydrogen (secondary N) is 7. The van der Waals surface area contributed by atoms with Gasteiger partial charge in [0.1, 0.15) is 30.2 Å². The van der Waals surface area contributed by atoms with Crippen molar-refractivity contribution in [3.05, 3.63) is 107 Å². The van der Waals surface area contributed by atoms with Gasteiger partial charge in [-0.05, 0) is 41.3 Å². The van der Waals surface area contributed by atoms with Crippen LogP contribution in [0.25, 0.3) is 10.9 Å². The molecule has 340 valence electrons. The number of rotatable bonds is 23. The molecule has 64 heavy (non-hydrogen) atoms. The number of benzene rings is 3. The minimum atomic E-state index is -4.91. The van der Waals surface area contributed by atoms with Crippen LogP contribution < -0.4 is 31.9 Å². The van der Waals surface area contributed by atoms with Crippen molar-refractivity contribution in [1.29, 1.82) is 0 Å². The summed E-state index contributed by atoms with van der Waals surface area (Å²) in [7, 11) is -3.54. The maximum absolute atomic E-state index is 14.2. The first-order valence-corrected chi connectivity index (χ1v) is 21.3. The minimum Gasteiger partial charge on any atom is -0.481 e. The summed E-state index contributed by atoms with van der Waals surface area (Å²) in [6, 6.07) is 12.7.